The van der Waals surface area contributed by atoms with Gasteiger partial charge in [0.2, 0.25) is 5.72 Å². The highest BCUT2D eigenvalue weighted by molar-refractivity contribution is 6.27. The first kappa shape index (κ1) is 24.4. The molecule has 0 bridgehead atoms. The van der Waals surface area contributed by atoms with Crippen LogP contribution in [0.1, 0.15) is 35.3 Å². The van der Waals surface area contributed by atoms with Gasteiger partial charge >= 0.3 is 0 Å². The van der Waals surface area contributed by atoms with Gasteiger partial charge in [-0.05, 0) is 70.6 Å². The van der Waals surface area contributed by atoms with Gasteiger partial charge in [0.05, 0.1) is 11.6 Å². The quantitative estimate of drug-likeness (QED) is 0.203. The molecule has 0 saturated carbocycles. The SMILES string of the molecule is CN1c2ccccc2C(C)(C)C12C=Nc1c(ccc3cc(-c4ccc5c6c(cccc46)C(=O)c4ccccc4-5)ccc13)O2. The molecule has 4 nitrogen and oxygen atoms in total. The second-order valence-electron chi connectivity index (χ2n) is 12.4. The molecule has 43 heavy (non-hydrogen) atoms. The number of para-hydroxylation sites is 1. The molecule has 2 heterocycles. The van der Waals surface area contributed by atoms with E-state index in [0.717, 1.165) is 66.4 Å². The van der Waals surface area contributed by atoms with Crippen LogP contribution in [0.4, 0.5) is 11.4 Å². The molecule has 206 valence electrons. The highest BCUT2D eigenvalue weighted by Crippen LogP contribution is 2.54. The van der Waals surface area contributed by atoms with Crippen LogP contribution in [0.25, 0.3) is 43.8 Å². The van der Waals surface area contributed by atoms with Gasteiger partial charge in [0.15, 0.2) is 5.78 Å². The Balaban J connectivity index is 1.16. The summed E-state index contributed by atoms with van der Waals surface area (Å²) in [5.41, 5.74) is 8.13. The molecule has 0 N–H and O–H groups in total. The maximum Gasteiger partial charge on any atom is 0.228 e. The molecule has 4 heteroatoms. The first-order valence-electron chi connectivity index (χ1n) is 14.7. The molecule has 0 amide bonds. The van der Waals surface area contributed by atoms with E-state index in [1.807, 2.05) is 42.6 Å². The van der Waals surface area contributed by atoms with E-state index in [9.17, 15) is 4.79 Å². The highest BCUT2D eigenvalue weighted by Gasteiger charge is 2.58. The van der Waals surface area contributed by atoms with Gasteiger partial charge in [0.25, 0.3) is 0 Å². The van der Waals surface area contributed by atoms with Gasteiger partial charge in [0, 0.05) is 34.6 Å². The van der Waals surface area contributed by atoms with Crippen molar-refractivity contribution >= 4 is 44.9 Å². The lowest BCUT2D eigenvalue weighted by Crippen LogP contribution is -2.61. The minimum absolute atomic E-state index is 0.0887. The number of ether oxygens (including phenoxy) is 1. The molecule has 0 radical (unpaired) electrons. The van der Waals surface area contributed by atoms with Gasteiger partial charge in [0.1, 0.15) is 11.4 Å². The number of ketones is 1. The summed E-state index contributed by atoms with van der Waals surface area (Å²) in [4.78, 5) is 20.7. The van der Waals surface area contributed by atoms with E-state index in [1.54, 1.807) is 0 Å². The Morgan fingerprint density at radius 3 is 2.33 bits per heavy atom. The Bertz CT molecular complexity index is 2250. The van der Waals surface area contributed by atoms with Crippen molar-refractivity contribution < 1.29 is 9.53 Å². The van der Waals surface area contributed by atoms with Gasteiger partial charge in [-0.1, -0.05) is 91.0 Å². The Morgan fingerprint density at radius 1 is 0.698 bits per heavy atom. The molecule has 6 aromatic rings. The number of hydrogen-bond acceptors (Lipinski definition) is 4. The summed E-state index contributed by atoms with van der Waals surface area (Å²) in [6, 6.07) is 37.6. The van der Waals surface area contributed by atoms with E-state index in [1.165, 1.54) is 11.3 Å². The highest BCUT2D eigenvalue weighted by atomic mass is 16.5. The van der Waals surface area contributed by atoms with Gasteiger partial charge in [-0.2, -0.15) is 0 Å². The zero-order chi connectivity index (χ0) is 29.1. The average molecular weight is 557 g/mol. The van der Waals surface area contributed by atoms with Gasteiger partial charge < -0.3 is 9.64 Å². The molecule has 0 fully saturated rings. The van der Waals surface area contributed by atoms with Crippen molar-refractivity contribution in [1.82, 2.24) is 0 Å². The third kappa shape index (κ3) is 3.00. The molecule has 0 aromatic heterocycles. The van der Waals surface area contributed by atoms with E-state index in [-0.39, 0.29) is 11.2 Å². The Hall–Kier alpha value is -5.22. The summed E-state index contributed by atoms with van der Waals surface area (Å²) in [7, 11) is 2.09. The molecule has 1 unspecified atom stereocenters. The van der Waals surface area contributed by atoms with Crippen molar-refractivity contribution in [3.63, 3.8) is 0 Å². The second kappa shape index (κ2) is 8.20. The zero-order valence-corrected chi connectivity index (χ0v) is 24.2. The second-order valence-corrected chi connectivity index (χ2v) is 12.4. The Morgan fingerprint density at radius 2 is 1.47 bits per heavy atom. The van der Waals surface area contributed by atoms with Gasteiger partial charge in [-0.15, -0.1) is 0 Å². The number of likely N-dealkylation sites (N-methyl/N-ethyl adjacent to an activating group) is 1. The molecule has 9 rings (SSSR count). The predicted octanol–water partition coefficient (Wildman–Crippen LogP) is 9.09. The van der Waals surface area contributed by atoms with Crippen LogP contribution < -0.4 is 9.64 Å². The van der Waals surface area contributed by atoms with Crippen molar-refractivity contribution in [2.75, 3.05) is 11.9 Å². The van der Waals surface area contributed by atoms with E-state index in [4.69, 9.17) is 9.73 Å². The van der Waals surface area contributed by atoms with E-state index in [2.05, 4.69) is 98.6 Å². The topological polar surface area (TPSA) is 41.9 Å². The minimum atomic E-state index is -0.712. The largest absolute Gasteiger partial charge is 0.459 e. The monoisotopic (exact) mass is 556 g/mol. The zero-order valence-electron chi connectivity index (χ0n) is 24.2. The molecular formula is C39H28N2O2. The normalized spacial score (nSPS) is 19.0. The van der Waals surface area contributed by atoms with Crippen molar-refractivity contribution in [2.24, 2.45) is 4.99 Å². The molecule has 1 aliphatic carbocycles. The number of fused-ring (bicyclic) bond motifs is 6. The standard InChI is InChI=1S/C39H28N2O2/c1-38(2)32-13-6-7-14-33(32)41(3)39(38)22-40-36-26-17-15-23(21-24(26)16-20-34(36)43-39)25-18-19-29-27-9-4-5-10-30(27)37(42)31-12-8-11-28(25)35(29)31/h4-22H,1-3H3. The summed E-state index contributed by atoms with van der Waals surface area (Å²) in [5.74, 6) is 0.875. The number of nitrogens with zero attached hydrogens (tertiary/aromatic N) is 2. The lowest BCUT2D eigenvalue weighted by Gasteiger charge is -2.45. The van der Waals surface area contributed by atoms with Crippen molar-refractivity contribution in [1.29, 1.82) is 0 Å². The van der Waals surface area contributed by atoms with E-state index in [0.29, 0.717) is 0 Å². The van der Waals surface area contributed by atoms with Crippen molar-refractivity contribution in [3.8, 4) is 28.0 Å². The predicted molar refractivity (Wildman–Crippen MR) is 175 cm³/mol. The number of aliphatic imine (C=N–C) groups is 1. The van der Waals surface area contributed by atoms with Crippen LogP contribution >= 0.6 is 0 Å². The third-order valence-electron chi connectivity index (χ3n) is 9.98. The number of rotatable bonds is 1. The van der Waals surface area contributed by atoms with Gasteiger partial charge in [-0.3, -0.25) is 9.79 Å². The average Bonchev–Trinajstić information content (AvgIpc) is 3.20. The minimum Gasteiger partial charge on any atom is -0.459 e. The lowest BCUT2D eigenvalue weighted by molar-refractivity contribution is 0.0826. The van der Waals surface area contributed by atoms with Crippen LogP contribution in [-0.4, -0.2) is 24.8 Å². The molecule has 0 saturated heterocycles. The maximum absolute atomic E-state index is 13.4. The number of hydrogen-bond donors (Lipinski definition) is 0. The van der Waals surface area contributed by atoms with Crippen LogP contribution in [0.5, 0.6) is 5.75 Å². The molecule has 6 aromatic carbocycles. The first-order valence-corrected chi connectivity index (χ1v) is 14.7. The van der Waals surface area contributed by atoms with Crippen LogP contribution in [0.15, 0.2) is 114 Å². The fourth-order valence-electron chi connectivity index (χ4n) is 7.69. The van der Waals surface area contributed by atoms with Crippen LogP contribution in [0.2, 0.25) is 0 Å². The number of carbonyl (C=O) groups is 1. The summed E-state index contributed by atoms with van der Waals surface area (Å²) in [5, 5.41) is 4.26. The summed E-state index contributed by atoms with van der Waals surface area (Å²) in [6.07, 6.45) is 1.99. The molecular weight excluding hydrogens is 528 g/mol. The van der Waals surface area contributed by atoms with Crippen molar-refractivity contribution in [3.05, 3.63) is 126 Å². The van der Waals surface area contributed by atoms with E-state index < -0.39 is 5.72 Å². The number of anilines is 1. The number of benzene rings is 6. The molecule has 2 aliphatic heterocycles. The fourth-order valence-corrected chi connectivity index (χ4v) is 7.69. The Labute approximate surface area is 249 Å². The molecule has 1 atom stereocenters. The molecule has 3 aliphatic rings. The van der Waals surface area contributed by atoms with Crippen LogP contribution in [0.3, 0.4) is 0 Å². The van der Waals surface area contributed by atoms with Crippen LogP contribution in [0, 0.1) is 0 Å². The summed E-state index contributed by atoms with van der Waals surface area (Å²) in [6.45, 7) is 4.46. The van der Waals surface area contributed by atoms with Crippen LogP contribution in [-0.2, 0) is 5.41 Å². The maximum atomic E-state index is 13.4. The van der Waals surface area contributed by atoms with Gasteiger partial charge in [-0.25, -0.2) is 0 Å². The third-order valence-corrected chi connectivity index (χ3v) is 9.98. The first-order chi connectivity index (χ1) is 20.9. The van der Waals surface area contributed by atoms with Crippen molar-refractivity contribution in [2.45, 2.75) is 25.0 Å². The number of carbonyl (C=O) groups excluding carboxylic acids is 1. The smallest absolute Gasteiger partial charge is 0.228 e. The van der Waals surface area contributed by atoms with E-state index >= 15 is 0 Å². The summed E-state index contributed by atoms with van der Waals surface area (Å²) < 4.78 is 6.90. The Kier molecular flexibility index (Phi) is 4.65. The summed E-state index contributed by atoms with van der Waals surface area (Å²) >= 11 is 0. The lowest BCUT2D eigenvalue weighted by atomic mass is 9.77. The fraction of sp³-hybridized carbons (Fsp3) is 0.128. The molecule has 1 spiro atoms.